The van der Waals surface area contributed by atoms with E-state index in [1.54, 1.807) is 0 Å². The van der Waals surface area contributed by atoms with Crippen molar-refractivity contribution in [1.29, 1.82) is 0 Å². The Morgan fingerprint density at radius 3 is 2.61 bits per heavy atom. The first-order valence-corrected chi connectivity index (χ1v) is 6.86. The molecule has 94 valence electrons. The van der Waals surface area contributed by atoms with Crippen molar-refractivity contribution in [1.82, 2.24) is 4.98 Å². The fourth-order valence-corrected chi connectivity index (χ4v) is 2.17. The fourth-order valence-electron chi connectivity index (χ4n) is 1.91. The summed E-state index contributed by atoms with van der Waals surface area (Å²) in [6.07, 6.45) is 4.70. The summed E-state index contributed by atoms with van der Waals surface area (Å²) in [5, 5.41) is 3.50. The van der Waals surface area contributed by atoms with Gasteiger partial charge in [0, 0.05) is 16.7 Å². The van der Waals surface area contributed by atoms with Gasteiger partial charge in [-0.05, 0) is 49.6 Å². The lowest BCUT2D eigenvalue weighted by Crippen LogP contribution is -2.18. The smallest absolute Gasteiger partial charge is 0.0558 e. The molecule has 1 aromatic heterocycles. The number of nitrogens with one attached hydrogen (secondary N) is 1. The van der Waals surface area contributed by atoms with E-state index in [0.29, 0.717) is 6.04 Å². The molecule has 0 radical (unpaired) electrons. The summed E-state index contributed by atoms with van der Waals surface area (Å²) in [5.74, 6) is 0. The fraction of sp³-hybridized carbons (Fsp3) is 0.267. The lowest BCUT2D eigenvalue weighted by atomic mass is 10.1. The van der Waals surface area contributed by atoms with Crippen LogP contribution in [0.3, 0.4) is 0 Å². The summed E-state index contributed by atoms with van der Waals surface area (Å²) >= 11 is 3.45. The van der Waals surface area contributed by atoms with Gasteiger partial charge < -0.3 is 5.32 Å². The van der Waals surface area contributed by atoms with Crippen LogP contribution < -0.4 is 5.32 Å². The van der Waals surface area contributed by atoms with E-state index in [-0.39, 0.29) is 0 Å². The second-order valence-electron chi connectivity index (χ2n) is 4.57. The molecule has 0 bridgehead atoms. The lowest BCUT2D eigenvalue weighted by molar-refractivity contribution is 0.788. The molecule has 0 aliphatic carbocycles. The number of aryl methyl sites for hydroxylation is 1. The largest absolute Gasteiger partial charge is 0.381 e. The number of anilines is 1. The zero-order chi connectivity index (χ0) is 13.0. The maximum absolute atomic E-state index is 4.15. The number of rotatable bonds is 4. The summed E-state index contributed by atoms with van der Waals surface area (Å²) < 4.78 is 1.12. The van der Waals surface area contributed by atoms with Crippen molar-refractivity contribution >= 4 is 21.6 Å². The molecule has 1 atom stereocenters. The van der Waals surface area contributed by atoms with Gasteiger partial charge in [-0.15, -0.1) is 0 Å². The van der Waals surface area contributed by atoms with E-state index in [2.05, 4.69) is 64.3 Å². The van der Waals surface area contributed by atoms with Gasteiger partial charge in [0.2, 0.25) is 0 Å². The molecule has 2 nitrogen and oxygen atoms in total. The highest BCUT2D eigenvalue weighted by Crippen LogP contribution is 2.16. The lowest BCUT2D eigenvalue weighted by Gasteiger charge is -2.16. The number of hydrogen-bond acceptors (Lipinski definition) is 2. The maximum atomic E-state index is 4.15. The highest BCUT2D eigenvalue weighted by molar-refractivity contribution is 9.10. The van der Waals surface area contributed by atoms with Gasteiger partial charge in [0.15, 0.2) is 0 Å². The first-order chi connectivity index (χ1) is 8.65. The first-order valence-electron chi connectivity index (χ1n) is 6.07. The van der Waals surface area contributed by atoms with Crippen LogP contribution in [0.4, 0.5) is 5.69 Å². The Bertz CT molecular complexity index is 508. The van der Waals surface area contributed by atoms with Gasteiger partial charge in [0.1, 0.15) is 0 Å². The molecule has 1 N–H and O–H groups in total. The Kier molecular flexibility index (Phi) is 4.37. The molecular formula is C15H17BrN2. The Morgan fingerprint density at radius 2 is 1.94 bits per heavy atom. The van der Waals surface area contributed by atoms with Gasteiger partial charge in [-0.1, -0.05) is 28.1 Å². The second kappa shape index (κ2) is 6.01. The van der Waals surface area contributed by atoms with Crippen LogP contribution in [-0.4, -0.2) is 11.0 Å². The number of aromatic nitrogens is 1. The van der Waals surface area contributed by atoms with Gasteiger partial charge in [-0.25, -0.2) is 0 Å². The van der Waals surface area contributed by atoms with Crippen LogP contribution in [-0.2, 0) is 6.42 Å². The molecule has 18 heavy (non-hydrogen) atoms. The molecule has 1 heterocycles. The Balaban J connectivity index is 1.99. The average Bonchev–Trinajstić information content (AvgIpc) is 2.35. The van der Waals surface area contributed by atoms with Crippen LogP contribution in [0, 0.1) is 6.92 Å². The molecule has 0 saturated heterocycles. The molecule has 2 rings (SSSR count). The molecule has 2 aromatic rings. The average molecular weight is 305 g/mol. The maximum Gasteiger partial charge on any atom is 0.0558 e. The van der Waals surface area contributed by atoms with Gasteiger partial charge in [-0.3, -0.25) is 4.98 Å². The Labute approximate surface area is 117 Å². The first kappa shape index (κ1) is 13.1. The highest BCUT2D eigenvalue weighted by atomic mass is 79.9. The zero-order valence-corrected chi connectivity index (χ0v) is 12.2. The van der Waals surface area contributed by atoms with E-state index in [1.807, 2.05) is 18.5 Å². The van der Waals surface area contributed by atoms with Crippen LogP contribution >= 0.6 is 15.9 Å². The molecule has 1 unspecified atom stereocenters. The number of hydrogen-bond donors (Lipinski definition) is 1. The van der Waals surface area contributed by atoms with Crippen LogP contribution in [0.2, 0.25) is 0 Å². The summed E-state index contributed by atoms with van der Waals surface area (Å²) in [4.78, 5) is 4.15. The molecule has 0 fully saturated rings. The quantitative estimate of drug-likeness (QED) is 0.916. The predicted molar refractivity (Wildman–Crippen MR) is 79.9 cm³/mol. The molecule has 0 aliphatic rings. The molecule has 0 saturated carbocycles. The van der Waals surface area contributed by atoms with Crippen molar-refractivity contribution < 1.29 is 0 Å². The second-order valence-corrected chi connectivity index (χ2v) is 5.48. The van der Waals surface area contributed by atoms with E-state index >= 15 is 0 Å². The Morgan fingerprint density at radius 1 is 1.22 bits per heavy atom. The summed E-state index contributed by atoms with van der Waals surface area (Å²) in [7, 11) is 0. The predicted octanol–water partition coefficient (Wildman–Crippen LogP) is 4.20. The van der Waals surface area contributed by atoms with Gasteiger partial charge >= 0.3 is 0 Å². The molecule has 1 aromatic carbocycles. The summed E-state index contributed by atoms with van der Waals surface area (Å²) in [6.45, 7) is 4.28. The van der Waals surface area contributed by atoms with Gasteiger partial charge in [0.25, 0.3) is 0 Å². The van der Waals surface area contributed by atoms with Gasteiger partial charge in [0.05, 0.1) is 11.9 Å². The number of pyridine rings is 1. The molecule has 0 amide bonds. The minimum absolute atomic E-state index is 0.383. The van der Waals surface area contributed by atoms with E-state index < -0.39 is 0 Å². The molecular weight excluding hydrogens is 288 g/mol. The molecule has 0 spiro atoms. The van der Waals surface area contributed by atoms with Crippen molar-refractivity contribution in [3.05, 3.63) is 58.3 Å². The standard InChI is InChI=1S/C15H17BrN2/c1-11-7-8-17-10-15(11)18-12(2)9-13-3-5-14(16)6-4-13/h3-8,10,12,18H,9H2,1-2H3. The topological polar surface area (TPSA) is 24.9 Å². The Hall–Kier alpha value is -1.35. The van der Waals surface area contributed by atoms with Crippen LogP contribution in [0.5, 0.6) is 0 Å². The van der Waals surface area contributed by atoms with E-state index in [9.17, 15) is 0 Å². The van der Waals surface area contributed by atoms with E-state index in [0.717, 1.165) is 16.6 Å². The van der Waals surface area contributed by atoms with Crippen LogP contribution in [0.15, 0.2) is 47.2 Å². The monoisotopic (exact) mass is 304 g/mol. The minimum atomic E-state index is 0.383. The third-order valence-electron chi connectivity index (χ3n) is 2.90. The molecule has 3 heteroatoms. The number of nitrogens with zero attached hydrogens (tertiary/aromatic N) is 1. The third-order valence-corrected chi connectivity index (χ3v) is 3.42. The molecule has 0 aliphatic heterocycles. The van der Waals surface area contributed by atoms with E-state index in [4.69, 9.17) is 0 Å². The zero-order valence-electron chi connectivity index (χ0n) is 10.7. The van der Waals surface area contributed by atoms with Crippen LogP contribution in [0.25, 0.3) is 0 Å². The SMILES string of the molecule is Cc1ccncc1NC(C)Cc1ccc(Br)cc1. The van der Waals surface area contributed by atoms with E-state index in [1.165, 1.54) is 11.1 Å². The third kappa shape index (κ3) is 3.57. The summed E-state index contributed by atoms with van der Waals surface area (Å²) in [5.41, 5.74) is 3.68. The number of benzene rings is 1. The highest BCUT2D eigenvalue weighted by Gasteiger charge is 2.05. The van der Waals surface area contributed by atoms with Gasteiger partial charge in [-0.2, -0.15) is 0 Å². The van der Waals surface area contributed by atoms with Crippen molar-refractivity contribution in [3.8, 4) is 0 Å². The van der Waals surface area contributed by atoms with Crippen LogP contribution in [0.1, 0.15) is 18.1 Å². The number of halogens is 1. The van der Waals surface area contributed by atoms with Crippen molar-refractivity contribution in [2.45, 2.75) is 26.3 Å². The van der Waals surface area contributed by atoms with Crippen molar-refractivity contribution in [2.24, 2.45) is 0 Å². The summed E-state index contributed by atoms with van der Waals surface area (Å²) in [6, 6.07) is 10.9. The van der Waals surface area contributed by atoms with Crippen molar-refractivity contribution in [2.75, 3.05) is 5.32 Å². The van der Waals surface area contributed by atoms with Crippen molar-refractivity contribution in [3.63, 3.8) is 0 Å². The normalized spacial score (nSPS) is 12.2. The minimum Gasteiger partial charge on any atom is -0.381 e.